The van der Waals surface area contributed by atoms with Gasteiger partial charge in [0.1, 0.15) is 9.96 Å². The van der Waals surface area contributed by atoms with Gasteiger partial charge in [-0.2, -0.15) is 0 Å². The van der Waals surface area contributed by atoms with Crippen LogP contribution in [0.1, 0.15) is 32.1 Å². The zero-order valence-electron chi connectivity index (χ0n) is 16.9. The normalized spacial score (nSPS) is 21.5. The first-order valence-corrected chi connectivity index (χ1v) is 12.5. The molecule has 2 N–H and O–H groups in total. The van der Waals surface area contributed by atoms with Crippen molar-refractivity contribution in [3.8, 4) is 16.2 Å². The van der Waals surface area contributed by atoms with E-state index in [1.54, 1.807) is 30.3 Å². The molecule has 1 amide bonds. The summed E-state index contributed by atoms with van der Waals surface area (Å²) in [7, 11) is -4.01. The van der Waals surface area contributed by atoms with Crippen LogP contribution in [0.4, 0.5) is 0 Å². The molecule has 168 valence electrons. The van der Waals surface area contributed by atoms with Crippen LogP contribution < -0.4 is 5.48 Å². The molecule has 0 radical (unpaired) electrons. The molecule has 0 bridgehead atoms. The van der Waals surface area contributed by atoms with Crippen molar-refractivity contribution in [2.45, 2.75) is 47.4 Å². The van der Waals surface area contributed by atoms with E-state index in [1.807, 2.05) is 0 Å². The van der Waals surface area contributed by atoms with E-state index in [1.165, 1.54) is 6.07 Å². The fourth-order valence-electron chi connectivity index (χ4n) is 3.77. The second kappa shape index (κ2) is 9.25. The molecule has 1 unspecified atom stereocenters. The number of hydrogen-bond donors (Lipinski definition) is 2. The van der Waals surface area contributed by atoms with Gasteiger partial charge in [0.05, 0.1) is 0 Å². The molecule has 2 aliphatic rings. The van der Waals surface area contributed by atoms with Crippen LogP contribution in [0, 0.1) is 0 Å². The number of carbonyl (C=O) groups excluding carboxylic acids is 1. The van der Waals surface area contributed by atoms with Crippen LogP contribution in [0.3, 0.4) is 0 Å². The van der Waals surface area contributed by atoms with Crippen LogP contribution >= 0.6 is 11.3 Å². The van der Waals surface area contributed by atoms with E-state index in [2.05, 4.69) is 5.48 Å². The van der Waals surface area contributed by atoms with E-state index in [0.717, 1.165) is 34.6 Å². The van der Waals surface area contributed by atoms with Gasteiger partial charge in [-0.15, -0.1) is 11.3 Å². The molecule has 2 fully saturated rings. The number of phenols is 1. The zero-order valence-corrected chi connectivity index (χ0v) is 18.5. The smallest absolute Gasteiger partial charge is 0.265 e. The molecular formula is C21H25NO7S2. The Morgan fingerprint density at radius 3 is 2.52 bits per heavy atom. The van der Waals surface area contributed by atoms with Crippen LogP contribution in [0.25, 0.3) is 10.4 Å². The van der Waals surface area contributed by atoms with E-state index in [4.69, 9.17) is 14.3 Å². The third kappa shape index (κ3) is 4.49. The molecule has 0 saturated carbocycles. The molecule has 8 nitrogen and oxygen atoms in total. The number of phenolic OH excluding ortho intramolecular Hbond substituents is 1. The molecule has 3 heterocycles. The van der Waals surface area contributed by atoms with Crippen LogP contribution in [-0.4, -0.2) is 50.3 Å². The van der Waals surface area contributed by atoms with Gasteiger partial charge in [0.25, 0.3) is 5.91 Å². The molecule has 1 atom stereocenters. The maximum atomic E-state index is 13.7. The molecular weight excluding hydrogens is 442 g/mol. The van der Waals surface area contributed by atoms with E-state index in [9.17, 15) is 18.3 Å². The number of hydroxylamine groups is 1. The van der Waals surface area contributed by atoms with Gasteiger partial charge in [-0.1, -0.05) is 0 Å². The summed E-state index contributed by atoms with van der Waals surface area (Å²) in [5, 5.41) is 9.48. The highest BCUT2D eigenvalue weighted by molar-refractivity contribution is 7.95. The molecule has 0 spiro atoms. The minimum atomic E-state index is -4.01. The monoisotopic (exact) mass is 467 g/mol. The summed E-state index contributed by atoms with van der Waals surface area (Å²) in [5.74, 6) is -0.558. The van der Waals surface area contributed by atoms with Gasteiger partial charge in [0.15, 0.2) is 11.0 Å². The van der Waals surface area contributed by atoms with Crippen molar-refractivity contribution in [3.63, 3.8) is 0 Å². The van der Waals surface area contributed by atoms with Crippen LogP contribution in [0.2, 0.25) is 0 Å². The number of hydrogen-bond acceptors (Lipinski definition) is 8. The lowest BCUT2D eigenvalue weighted by Crippen LogP contribution is -2.56. The van der Waals surface area contributed by atoms with Gasteiger partial charge in [-0.25, -0.2) is 18.7 Å². The van der Waals surface area contributed by atoms with Gasteiger partial charge in [-0.3, -0.25) is 4.79 Å². The van der Waals surface area contributed by atoms with Crippen LogP contribution in [-0.2, 0) is 28.9 Å². The first-order valence-electron chi connectivity index (χ1n) is 10.2. The first-order chi connectivity index (χ1) is 14.9. The van der Waals surface area contributed by atoms with Gasteiger partial charge < -0.3 is 14.6 Å². The largest absolute Gasteiger partial charge is 0.508 e. The average Bonchev–Trinajstić information content (AvgIpc) is 3.30. The molecule has 10 heteroatoms. The predicted molar refractivity (Wildman–Crippen MR) is 114 cm³/mol. The summed E-state index contributed by atoms with van der Waals surface area (Å²) in [6.07, 6.45) is 2.02. The highest BCUT2D eigenvalue weighted by Crippen LogP contribution is 2.40. The highest BCUT2D eigenvalue weighted by atomic mass is 32.2. The molecule has 2 saturated heterocycles. The lowest BCUT2D eigenvalue weighted by atomic mass is 9.98. The highest BCUT2D eigenvalue weighted by Gasteiger charge is 2.53. The minimum absolute atomic E-state index is 0.0441. The van der Waals surface area contributed by atoms with Crippen molar-refractivity contribution in [1.82, 2.24) is 5.48 Å². The third-order valence-electron chi connectivity index (χ3n) is 5.65. The second-order valence-corrected chi connectivity index (χ2v) is 11.2. The van der Waals surface area contributed by atoms with Gasteiger partial charge in [0.2, 0.25) is 9.84 Å². The number of rotatable bonds is 6. The number of aromatic hydroxyl groups is 1. The summed E-state index contributed by atoms with van der Waals surface area (Å²) in [6.45, 7) is 0.887. The van der Waals surface area contributed by atoms with Crippen molar-refractivity contribution in [1.29, 1.82) is 0 Å². The zero-order chi connectivity index (χ0) is 21.9. The summed E-state index contributed by atoms with van der Waals surface area (Å²) < 4.78 is 36.6. The van der Waals surface area contributed by atoms with Crippen molar-refractivity contribution >= 4 is 27.1 Å². The Labute approximate surface area is 185 Å². The van der Waals surface area contributed by atoms with E-state index < -0.39 is 26.8 Å². The number of nitrogens with one attached hydrogen (secondary N) is 1. The summed E-state index contributed by atoms with van der Waals surface area (Å²) in [5.41, 5.74) is 3.15. The van der Waals surface area contributed by atoms with Gasteiger partial charge >= 0.3 is 0 Å². The SMILES string of the molecule is O=C(NOC1CCCCO1)C1(S(=O)(=O)c2ccc(-c3ccc(O)cc3)s2)CCOCC1. The van der Waals surface area contributed by atoms with Crippen molar-refractivity contribution in [3.05, 3.63) is 36.4 Å². The molecule has 4 rings (SSSR count). The minimum Gasteiger partial charge on any atom is -0.508 e. The van der Waals surface area contributed by atoms with Crippen molar-refractivity contribution in [2.24, 2.45) is 0 Å². The fraction of sp³-hybridized carbons (Fsp3) is 0.476. The van der Waals surface area contributed by atoms with E-state index >= 15 is 0 Å². The standard InChI is InChI=1S/C21H25NO7S2/c23-16-6-4-15(5-7-16)17-8-9-19(30-17)31(25,26)21(10-13-27-14-11-21)20(24)22-29-18-3-1-2-12-28-18/h4-9,18,23H,1-3,10-14H2,(H,22,24). The molecule has 2 aromatic rings. The molecule has 2 aliphatic heterocycles. The Kier molecular flexibility index (Phi) is 6.63. The first kappa shape index (κ1) is 22.2. The lowest BCUT2D eigenvalue weighted by molar-refractivity contribution is -0.202. The lowest BCUT2D eigenvalue weighted by Gasteiger charge is -2.35. The molecule has 1 aromatic carbocycles. The van der Waals surface area contributed by atoms with Crippen molar-refractivity contribution < 1.29 is 32.6 Å². The van der Waals surface area contributed by atoms with E-state index in [0.29, 0.717) is 13.0 Å². The van der Waals surface area contributed by atoms with Crippen LogP contribution in [0.15, 0.2) is 40.6 Å². The van der Waals surface area contributed by atoms with Crippen LogP contribution in [0.5, 0.6) is 5.75 Å². The maximum absolute atomic E-state index is 13.7. The fourth-order valence-corrected chi connectivity index (χ4v) is 7.33. The number of sulfone groups is 1. The maximum Gasteiger partial charge on any atom is 0.265 e. The topological polar surface area (TPSA) is 111 Å². The van der Waals surface area contributed by atoms with Gasteiger partial charge in [0, 0.05) is 31.1 Å². The Bertz CT molecular complexity index is 1000. The Balaban J connectivity index is 1.58. The summed E-state index contributed by atoms with van der Waals surface area (Å²) in [6, 6.07) is 9.75. The third-order valence-corrected chi connectivity index (χ3v) is 9.77. The Morgan fingerprint density at radius 1 is 1.10 bits per heavy atom. The number of thiophene rings is 1. The van der Waals surface area contributed by atoms with Gasteiger partial charge in [-0.05, 0) is 67.6 Å². The second-order valence-electron chi connectivity index (χ2n) is 7.62. The Morgan fingerprint density at radius 2 is 1.84 bits per heavy atom. The molecule has 0 aliphatic carbocycles. The molecule has 1 aromatic heterocycles. The Hall–Kier alpha value is -1.98. The summed E-state index contributed by atoms with van der Waals surface area (Å²) in [4.78, 5) is 19.3. The predicted octanol–water partition coefficient (Wildman–Crippen LogP) is 3.02. The average molecular weight is 468 g/mol. The van der Waals surface area contributed by atoms with Crippen molar-refractivity contribution in [2.75, 3.05) is 19.8 Å². The number of carbonyl (C=O) groups is 1. The number of ether oxygens (including phenoxy) is 2. The molecule has 31 heavy (non-hydrogen) atoms. The number of benzene rings is 1. The van der Waals surface area contributed by atoms with E-state index in [-0.39, 0.29) is 36.0 Å². The summed E-state index contributed by atoms with van der Waals surface area (Å²) >= 11 is 1.10. The number of amides is 1. The quantitative estimate of drug-likeness (QED) is 0.628.